The summed E-state index contributed by atoms with van der Waals surface area (Å²) in [7, 11) is 0. The highest BCUT2D eigenvalue weighted by atomic mass is 19.4. The molecule has 1 aromatic carbocycles. The van der Waals surface area contributed by atoms with Gasteiger partial charge in [0, 0.05) is 6.99 Å². The smallest absolute Gasteiger partial charge is 0.366 e. The summed E-state index contributed by atoms with van der Waals surface area (Å²) < 4.78 is 36.2. The fraction of sp³-hybridized carbons (Fsp3) is 0.125. The molecule has 0 aliphatic carbocycles. The van der Waals surface area contributed by atoms with E-state index in [0.717, 1.165) is 18.2 Å². The Morgan fingerprint density at radius 3 is 2.46 bits per heavy atom. The first kappa shape index (κ1) is 9.57. The molecule has 0 aliphatic rings. The second-order valence-electron chi connectivity index (χ2n) is 2.44. The molecule has 0 atom stereocenters. The zero-order chi connectivity index (χ0) is 10.1. The van der Waals surface area contributed by atoms with Crippen LogP contribution in [-0.2, 0) is 6.18 Å². The summed E-state index contributed by atoms with van der Waals surface area (Å²) >= 11 is 0. The summed E-state index contributed by atoms with van der Waals surface area (Å²) in [5.74, 6) is -0.869. The van der Waals surface area contributed by atoms with Crippen LogP contribution in [0.1, 0.15) is 17.3 Å². The minimum absolute atomic E-state index is 0. The van der Waals surface area contributed by atoms with Crippen molar-refractivity contribution >= 4 is 5.91 Å². The van der Waals surface area contributed by atoms with Crippen molar-refractivity contribution in [2.45, 2.75) is 6.18 Å². The summed E-state index contributed by atoms with van der Waals surface area (Å²) in [6.45, 7) is 0. The van der Waals surface area contributed by atoms with Crippen LogP contribution in [0.15, 0.2) is 24.3 Å². The van der Waals surface area contributed by atoms with Crippen LogP contribution in [0.4, 0.5) is 13.2 Å². The van der Waals surface area contributed by atoms with Crippen LogP contribution in [0.2, 0.25) is 0 Å². The van der Waals surface area contributed by atoms with Crippen LogP contribution in [-0.4, -0.2) is 5.91 Å². The molecule has 0 fully saturated rings. The van der Waals surface area contributed by atoms with E-state index in [9.17, 15) is 18.0 Å². The van der Waals surface area contributed by atoms with E-state index in [4.69, 9.17) is 5.73 Å². The van der Waals surface area contributed by atoms with Crippen LogP contribution < -0.4 is 5.73 Å². The van der Waals surface area contributed by atoms with Gasteiger partial charge in [0.2, 0.25) is 5.91 Å². The largest absolute Gasteiger partial charge is 0.416 e. The van der Waals surface area contributed by atoms with Crippen molar-refractivity contribution in [3.63, 3.8) is 0 Å². The third kappa shape index (κ3) is 2.21. The van der Waals surface area contributed by atoms with Gasteiger partial charge in [-0.3, -0.25) is 4.79 Å². The number of nitrogens with two attached hydrogens (primary N) is 1. The van der Waals surface area contributed by atoms with E-state index >= 15 is 0 Å². The van der Waals surface area contributed by atoms with E-state index in [1.165, 1.54) is 6.07 Å². The lowest BCUT2D eigenvalue weighted by Gasteiger charge is -2.06. The van der Waals surface area contributed by atoms with Crippen LogP contribution in [0, 0.1) is 0 Å². The predicted molar refractivity (Wildman–Crippen MR) is 42.1 cm³/mol. The maximum absolute atomic E-state index is 12.1. The quantitative estimate of drug-likeness (QED) is 0.725. The van der Waals surface area contributed by atoms with Crippen LogP contribution in [0.25, 0.3) is 0 Å². The number of halogens is 3. The van der Waals surface area contributed by atoms with Gasteiger partial charge in [0.05, 0.1) is 5.56 Å². The Labute approximate surface area is 73.6 Å². The Morgan fingerprint density at radius 1 is 1.38 bits per heavy atom. The van der Waals surface area contributed by atoms with Gasteiger partial charge < -0.3 is 5.73 Å². The molecule has 1 amide bonds. The summed E-state index contributed by atoms with van der Waals surface area (Å²) in [6, 6.07) is 3.98. The van der Waals surface area contributed by atoms with E-state index in [-0.39, 0.29) is 6.99 Å². The van der Waals surface area contributed by atoms with E-state index in [1.54, 1.807) is 0 Å². The number of amides is 1. The zero-order valence-electron chi connectivity index (χ0n) is 6.43. The average molecular weight is 191 g/mol. The highest BCUT2D eigenvalue weighted by molar-refractivity contribution is 5.92. The third-order valence-corrected chi connectivity index (χ3v) is 1.47. The van der Waals surface area contributed by atoms with Crippen LogP contribution in [0.5, 0.6) is 0 Å². The van der Waals surface area contributed by atoms with Crippen molar-refractivity contribution in [3.8, 4) is 0 Å². The topological polar surface area (TPSA) is 43.1 Å². The number of carbonyl (C=O) groups is 1. The maximum Gasteiger partial charge on any atom is 0.416 e. The van der Waals surface area contributed by atoms with E-state index < -0.39 is 17.6 Å². The molecular formula is C8H8F3NO. The number of carbonyl (C=O) groups excluding carboxylic acids is 1. The number of alkyl halides is 3. The molecule has 0 heterocycles. The Kier molecular flexibility index (Phi) is 2.27. The number of hydrogen-bond acceptors (Lipinski definition) is 1. The molecule has 0 spiro atoms. The first-order valence-electron chi connectivity index (χ1n) is 3.38. The van der Waals surface area contributed by atoms with Crippen molar-refractivity contribution in [1.82, 2.24) is 0 Å². The standard InChI is InChI=1S/C8H6F3NO.H2/c9-8(10,11)6-3-1-2-5(4-6)7(12)13;/h1-4H,(H2,12,13);1H. The van der Waals surface area contributed by atoms with E-state index in [2.05, 4.69) is 0 Å². The average Bonchev–Trinajstić information content (AvgIpc) is 2.03. The first-order chi connectivity index (χ1) is 5.91. The predicted octanol–water partition coefficient (Wildman–Crippen LogP) is 2.05. The van der Waals surface area contributed by atoms with Gasteiger partial charge in [-0.1, -0.05) is 6.07 Å². The van der Waals surface area contributed by atoms with Gasteiger partial charge >= 0.3 is 6.18 Å². The molecule has 1 rings (SSSR count). The number of primary amides is 1. The molecule has 0 saturated heterocycles. The summed E-state index contributed by atoms with van der Waals surface area (Å²) in [6.07, 6.45) is -4.44. The Bertz CT molecular complexity index is 338. The summed E-state index contributed by atoms with van der Waals surface area (Å²) in [5.41, 5.74) is 3.80. The van der Waals surface area contributed by atoms with Gasteiger partial charge in [0.1, 0.15) is 0 Å². The summed E-state index contributed by atoms with van der Waals surface area (Å²) in [4.78, 5) is 10.5. The molecule has 0 saturated carbocycles. The second-order valence-corrected chi connectivity index (χ2v) is 2.44. The molecule has 72 valence electrons. The van der Waals surface area contributed by atoms with Gasteiger partial charge in [-0.15, -0.1) is 0 Å². The van der Waals surface area contributed by atoms with Gasteiger partial charge in [0.15, 0.2) is 0 Å². The number of hydrogen-bond donors (Lipinski definition) is 1. The second kappa shape index (κ2) is 3.08. The third-order valence-electron chi connectivity index (χ3n) is 1.47. The normalized spacial score (nSPS) is 11.3. The molecule has 0 bridgehead atoms. The molecule has 0 aromatic heterocycles. The lowest BCUT2D eigenvalue weighted by molar-refractivity contribution is -0.137. The molecule has 13 heavy (non-hydrogen) atoms. The molecule has 0 radical (unpaired) electrons. The lowest BCUT2D eigenvalue weighted by atomic mass is 10.1. The van der Waals surface area contributed by atoms with Crippen LogP contribution >= 0.6 is 0 Å². The minimum atomic E-state index is -4.44. The zero-order valence-corrected chi connectivity index (χ0v) is 6.43. The van der Waals surface area contributed by atoms with Crippen LogP contribution in [0.3, 0.4) is 0 Å². The SMILES string of the molecule is NC(=O)c1cccc(C(F)(F)F)c1.[HH]. The van der Waals surface area contributed by atoms with Crippen molar-refractivity contribution < 1.29 is 19.4 Å². The van der Waals surface area contributed by atoms with Gasteiger partial charge in [-0.25, -0.2) is 0 Å². The van der Waals surface area contributed by atoms with Crippen molar-refractivity contribution in [3.05, 3.63) is 35.4 Å². The van der Waals surface area contributed by atoms with Gasteiger partial charge in [0.25, 0.3) is 0 Å². The molecule has 1 aromatic rings. The highest BCUT2D eigenvalue weighted by Gasteiger charge is 2.30. The van der Waals surface area contributed by atoms with Gasteiger partial charge in [-0.2, -0.15) is 13.2 Å². The Hall–Kier alpha value is -1.52. The lowest BCUT2D eigenvalue weighted by Crippen LogP contribution is -2.13. The first-order valence-corrected chi connectivity index (χ1v) is 3.38. The number of benzene rings is 1. The number of rotatable bonds is 1. The van der Waals surface area contributed by atoms with E-state index in [0.29, 0.717) is 0 Å². The fourth-order valence-electron chi connectivity index (χ4n) is 0.849. The van der Waals surface area contributed by atoms with E-state index in [1.807, 2.05) is 0 Å². The van der Waals surface area contributed by atoms with Crippen molar-refractivity contribution in [2.75, 3.05) is 0 Å². The Balaban J connectivity index is 0.00000169. The molecule has 0 unspecified atom stereocenters. The highest BCUT2D eigenvalue weighted by Crippen LogP contribution is 2.29. The summed E-state index contributed by atoms with van der Waals surface area (Å²) in [5, 5.41) is 0. The maximum atomic E-state index is 12.1. The monoisotopic (exact) mass is 191 g/mol. The Morgan fingerprint density at radius 2 is 2.00 bits per heavy atom. The molecule has 2 N–H and O–H groups in total. The van der Waals surface area contributed by atoms with Crippen molar-refractivity contribution in [1.29, 1.82) is 0 Å². The molecule has 5 heteroatoms. The van der Waals surface area contributed by atoms with Crippen molar-refractivity contribution in [2.24, 2.45) is 5.73 Å². The minimum Gasteiger partial charge on any atom is -0.366 e. The molecule has 2 nitrogen and oxygen atoms in total. The van der Waals surface area contributed by atoms with Gasteiger partial charge in [-0.05, 0) is 18.2 Å². The molecular weight excluding hydrogens is 183 g/mol. The molecule has 0 aliphatic heterocycles. The fourth-order valence-corrected chi connectivity index (χ4v) is 0.849.